The van der Waals surface area contributed by atoms with Crippen molar-refractivity contribution in [2.24, 2.45) is 14.1 Å². The summed E-state index contributed by atoms with van der Waals surface area (Å²) in [5, 5.41) is 0.525. The number of thioether (sulfide) groups is 1. The fourth-order valence-corrected chi connectivity index (χ4v) is 4.21. The van der Waals surface area contributed by atoms with Gasteiger partial charge in [-0.15, -0.1) is 0 Å². The largest absolute Gasteiger partial charge is 0.497 e. The van der Waals surface area contributed by atoms with Crippen LogP contribution >= 0.6 is 11.8 Å². The lowest BCUT2D eigenvalue weighted by atomic mass is 10.1. The number of hydrogen-bond acceptors (Lipinski definition) is 7. The highest BCUT2D eigenvalue weighted by atomic mass is 32.2. The summed E-state index contributed by atoms with van der Waals surface area (Å²) in [4.78, 5) is 42.6. The number of unbranched alkanes of at least 4 members (excludes halogenated alkanes) is 1. The van der Waals surface area contributed by atoms with Crippen LogP contribution in [0.3, 0.4) is 0 Å². The van der Waals surface area contributed by atoms with Gasteiger partial charge in [-0.2, -0.15) is 0 Å². The van der Waals surface area contributed by atoms with Crippen LogP contribution in [0, 0.1) is 0 Å². The number of ketones is 1. The molecule has 0 fully saturated rings. The number of Topliss-reactive ketones (excluding diaryl/α,β-unsaturated/α-hetero) is 1. The van der Waals surface area contributed by atoms with Crippen molar-refractivity contribution in [1.29, 1.82) is 0 Å². The summed E-state index contributed by atoms with van der Waals surface area (Å²) in [7, 11) is 6.08. The van der Waals surface area contributed by atoms with Crippen LogP contribution < -0.4 is 20.7 Å². The second kappa shape index (κ2) is 9.42. The molecule has 0 atom stereocenters. The normalized spacial score (nSPS) is 11.1. The molecule has 1 aromatic carbocycles. The van der Waals surface area contributed by atoms with Crippen LogP contribution in [-0.4, -0.2) is 44.4 Å². The molecule has 0 saturated carbocycles. The van der Waals surface area contributed by atoms with Crippen molar-refractivity contribution in [3.8, 4) is 11.5 Å². The molecule has 0 bridgehead atoms. The van der Waals surface area contributed by atoms with Crippen molar-refractivity contribution in [3.63, 3.8) is 0 Å². The van der Waals surface area contributed by atoms with E-state index in [1.54, 1.807) is 29.8 Å². The Balaban J connectivity index is 2.01. The molecule has 9 nitrogen and oxygen atoms in total. The van der Waals surface area contributed by atoms with Gasteiger partial charge in [-0.05, 0) is 24.6 Å². The predicted octanol–water partition coefficient (Wildman–Crippen LogP) is 2.23. The first-order valence-corrected chi connectivity index (χ1v) is 10.9. The van der Waals surface area contributed by atoms with Crippen LogP contribution in [0.1, 0.15) is 30.1 Å². The Bertz CT molecular complexity index is 1240. The topological polar surface area (TPSA) is 97.3 Å². The van der Waals surface area contributed by atoms with Crippen LogP contribution in [-0.2, 0) is 20.6 Å². The third kappa shape index (κ3) is 4.25. The zero-order chi connectivity index (χ0) is 22.7. The molecular formula is C21H26N4O5S. The van der Waals surface area contributed by atoms with E-state index in [4.69, 9.17) is 9.47 Å². The van der Waals surface area contributed by atoms with Crippen LogP contribution in [0.25, 0.3) is 11.2 Å². The van der Waals surface area contributed by atoms with Gasteiger partial charge in [0.1, 0.15) is 11.5 Å². The summed E-state index contributed by atoms with van der Waals surface area (Å²) >= 11 is 1.23. The van der Waals surface area contributed by atoms with E-state index in [1.807, 2.05) is 0 Å². The number of aromatic nitrogens is 4. The Hall–Kier alpha value is -3.01. The number of hydrogen-bond donors (Lipinski definition) is 0. The minimum Gasteiger partial charge on any atom is -0.497 e. The van der Waals surface area contributed by atoms with Gasteiger partial charge >= 0.3 is 5.69 Å². The van der Waals surface area contributed by atoms with Gasteiger partial charge in [-0.1, -0.05) is 25.1 Å². The maximum atomic E-state index is 12.9. The number of methoxy groups -OCH3 is 2. The zero-order valence-corrected chi connectivity index (χ0v) is 19.1. The third-order valence-electron chi connectivity index (χ3n) is 5.09. The number of imidazole rings is 1. The van der Waals surface area contributed by atoms with E-state index in [2.05, 4.69) is 11.9 Å². The fourth-order valence-electron chi connectivity index (χ4n) is 3.30. The van der Waals surface area contributed by atoms with Gasteiger partial charge in [0.2, 0.25) is 0 Å². The molecule has 10 heteroatoms. The molecule has 0 amide bonds. The summed E-state index contributed by atoms with van der Waals surface area (Å²) in [6.07, 6.45) is 1.76. The maximum absolute atomic E-state index is 12.9. The van der Waals surface area contributed by atoms with E-state index in [0.29, 0.717) is 39.9 Å². The van der Waals surface area contributed by atoms with Crippen LogP contribution in [0.4, 0.5) is 0 Å². The van der Waals surface area contributed by atoms with Gasteiger partial charge in [0.15, 0.2) is 22.1 Å². The summed E-state index contributed by atoms with van der Waals surface area (Å²) < 4.78 is 14.8. The number of nitrogens with zero attached hydrogens (tertiary/aromatic N) is 4. The van der Waals surface area contributed by atoms with Crippen LogP contribution in [0.2, 0.25) is 0 Å². The first-order valence-electron chi connectivity index (χ1n) is 9.88. The number of aryl methyl sites for hydroxylation is 2. The summed E-state index contributed by atoms with van der Waals surface area (Å²) in [5.74, 6) is 0.953. The summed E-state index contributed by atoms with van der Waals surface area (Å²) in [5.41, 5.74) is 0.264. The minimum absolute atomic E-state index is 0.0905. The lowest BCUT2D eigenvalue weighted by Crippen LogP contribution is -2.37. The molecule has 3 rings (SSSR count). The number of rotatable bonds is 9. The van der Waals surface area contributed by atoms with Gasteiger partial charge in [-0.25, -0.2) is 9.78 Å². The van der Waals surface area contributed by atoms with Crippen molar-refractivity contribution < 1.29 is 14.3 Å². The molecule has 0 saturated heterocycles. The van der Waals surface area contributed by atoms with Crippen molar-refractivity contribution in [1.82, 2.24) is 18.7 Å². The lowest BCUT2D eigenvalue weighted by molar-refractivity contribution is 0.101. The van der Waals surface area contributed by atoms with Crippen molar-refractivity contribution in [3.05, 3.63) is 44.6 Å². The van der Waals surface area contributed by atoms with E-state index < -0.39 is 11.2 Å². The molecule has 0 N–H and O–H groups in total. The van der Waals surface area contributed by atoms with E-state index in [-0.39, 0.29) is 11.5 Å². The van der Waals surface area contributed by atoms with Gasteiger partial charge in [0, 0.05) is 20.6 Å². The first-order chi connectivity index (χ1) is 14.8. The highest BCUT2D eigenvalue weighted by Crippen LogP contribution is 2.28. The first kappa shape index (κ1) is 22.7. The molecule has 31 heavy (non-hydrogen) atoms. The van der Waals surface area contributed by atoms with Gasteiger partial charge in [-0.3, -0.25) is 18.7 Å². The molecule has 166 valence electrons. The van der Waals surface area contributed by atoms with Gasteiger partial charge < -0.3 is 14.0 Å². The highest BCUT2D eigenvalue weighted by molar-refractivity contribution is 7.99. The second-order valence-corrected chi connectivity index (χ2v) is 8.00. The maximum Gasteiger partial charge on any atom is 0.332 e. The van der Waals surface area contributed by atoms with E-state index >= 15 is 0 Å². The number of benzene rings is 1. The van der Waals surface area contributed by atoms with Crippen molar-refractivity contribution in [2.45, 2.75) is 31.5 Å². The SMILES string of the molecule is CCCCn1c(SCC(=O)c2cc(OC)ccc2OC)nc2c1c(=O)n(C)c(=O)n2C. The molecule has 0 radical (unpaired) electrons. The molecule has 0 aliphatic rings. The van der Waals surface area contributed by atoms with E-state index in [9.17, 15) is 14.4 Å². The number of fused-ring (bicyclic) bond motifs is 1. The molecular weight excluding hydrogens is 420 g/mol. The van der Waals surface area contributed by atoms with Gasteiger partial charge in [0.05, 0.1) is 25.5 Å². The Morgan fingerprint density at radius 1 is 1.13 bits per heavy atom. The van der Waals surface area contributed by atoms with Crippen LogP contribution in [0.15, 0.2) is 32.9 Å². The zero-order valence-electron chi connectivity index (χ0n) is 18.3. The second-order valence-electron chi connectivity index (χ2n) is 7.06. The van der Waals surface area contributed by atoms with E-state index in [0.717, 1.165) is 17.4 Å². The Kier molecular flexibility index (Phi) is 6.89. The standard InChI is InChI=1S/C21H26N4O5S/c1-6-7-10-25-17-18(23(2)21(28)24(3)19(17)27)22-20(25)31-12-15(26)14-11-13(29-4)8-9-16(14)30-5/h8-9,11H,6-7,10,12H2,1-5H3. The Labute approximate surface area is 183 Å². The monoisotopic (exact) mass is 446 g/mol. The van der Waals surface area contributed by atoms with E-state index in [1.165, 1.54) is 37.6 Å². The molecule has 0 unspecified atom stereocenters. The molecule has 0 aliphatic carbocycles. The quantitative estimate of drug-likeness (QED) is 0.367. The molecule has 0 spiro atoms. The third-order valence-corrected chi connectivity index (χ3v) is 6.06. The molecule has 3 aromatic rings. The fraction of sp³-hybridized carbons (Fsp3) is 0.429. The van der Waals surface area contributed by atoms with Crippen LogP contribution in [0.5, 0.6) is 11.5 Å². The lowest BCUT2D eigenvalue weighted by Gasteiger charge is -2.10. The molecule has 2 heterocycles. The smallest absolute Gasteiger partial charge is 0.332 e. The Morgan fingerprint density at radius 3 is 2.52 bits per heavy atom. The Morgan fingerprint density at radius 2 is 1.87 bits per heavy atom. The van der Waals surface area contributed by atoms with Crippen molar-refractivity contribution >= 4 is 28.7 Å². The average Bonchev–Trinajstić information content (AvgIpc) is 3.16. The number of carbonyl (C=O) groups excluding carboxylic acids is 1. The number of carbonyl (C=O) groups is 1. The predicted molar refractivity (Wildman–Crippen MR) is 120 cm³/mol. The minimum atomic E-state index is -0.439. The summed E-state index contributed by atoms with van der Waals surface area (Å²) in [6, 6.07) is 5.05. The van der Waals surface area contributed by atoms with Crippen molar-refractivity contribution in [2.75, 3.05) is 20.0 Å². The van der Waals surface area contributed by atoms with Gasteiger partial charge in [0.25, 0.3) is 5.56 Å². The number of ether oxygens (including phenoxy) is 2. The molecule has 2 aromatic heterocycles. The highest BCUT2D eigenvalue weighted by Gasteiger charge is 2.21. The average molecular weight is 447 g/mol. The summed E-state index contributed by atoms with van der Waals surface area (Å²) in [6.45, 7) is 2.62. The molecule has 0 aliphatic heterocycles.